The number of benzene rings is 2. The molecule has 2 unspecified atom stereocenters. The topological polar surface area (TPSA) is 106 Å². The summed E-state index contributed by atoms with van der Waals surface area (Å²) in [7, 11) is 1.22. The normalized spacial score (nSPS) is 20.4. The first-order chi connectivity index (χ1) is 25.2. The zero-order chi connectivity index (χ0) is 35.8. The first-order valence-electron chi connectivity index (χ1n) is 16.9. The van der Waals surface area contributed by atoms with E-state index in [-0.39, 0.29) is 40.5 Å². The molecule has 3 aliphatic rings. The Labute approximate surface area is 298 Å². The number of carbonyl (C=O) groups is 1. The van der Waals surface area contributed by atoms with Crippen LogP contribution in [-0.2, 0) is 12.8 Å². The van der Waals surface area contributed by atoms with Crippen molar-refractivity contribution in [2.75, 3.05) is 19.0 Å². The highest BCUT2D eigenvalue weighted by Crippen LogP contribution is 2.52. The van der Waals surface area contributed by atoms with Crippen molar-refractivity contribution in [1.82, 2.24) is 25.1 Å². The number of thiophene rings is 1. The monoisotopic (exact) mass is 726 g/mol. The highest BCUT2D eigenvalue weighted by molar-refractivity contribution is 7.23. The van der Waals surface area contributed by atoms with Gasteiger partial charge in [-0.15, -0.1) is 21.5 Å². The molecular weight excluding hydrogens is 697 g/mol. The SMILES string of the molecule is COc1c(F)ccc2c1[C@@H](F)[C@@H](F)C2Nc1nccc2cc(-c3c4c(nc(CCc5ccc(F)cc5)c3-c3nnc(C)o3)C3CCCN3C4=O)sc12. The van der Waals surface area contributed by atoms with Crippen LogP contribution in [-0.4, -0.2) is 50.8 Å². The third kappa shape index (κ3) is 5.06. The lowest BCUT2D eigenvalue weighted by Crippen LogP contribution is -2.22. The maximum absolute atomic E-state index is 15.7. The minimum absolute atomic E-state index is 0.130. The fraction of sp³-hybridized carbons (Fsp3) is 0.289. The lowest BCUT2D eigenvalue weighted by Gasteiger charge is -2.18. The number of pyridine rings is 2. The molecule has 14 heteroatoms. The molecule has 9 nitrogen and oxygen atoms in total. The number of rotatable bonds is 8. The summed E-state index contributed by atoms with van der Waals surface area (Å²) in [6.07, 6.45) is 0.0502. The molecule has 1 saturated heterocycles. The summed E-state index contributed by atoms with van der Waals surface area (Å²) in [6.45, 7) is 2.30. The highest BCUT2D eigenvalue weighted by atomic mass is 32.1. The summed E-state index contributed by atoms with van der Waals surface area (Å²) in [6, 6.07) is 11.2. The molecule has 1 aliphatic carbocycles. The number of nitrogens with zero attached hydrogens (tertiary/aromatic N) is 5. The van der Waals surface area contributed by atoms with E-state index in [4.69, 9.17) is 14.1 Å². The van der Waals surface area contributed by atoms with E-state index in [1.165, 1.54) is 36.6 Å². The molecule has 1 N–H and O–H groups in total. The van der Waals surface area contributed by atoms with Gasteiger partial charge in [-0.25, -0.2) is 22.5 Å². The third-order valence-electron chi connectivity index (χ3n) is 10.2. The summed E-state index contributed by atoms with van der Waals surface area (Å²) >= 11 is 1.33. The molecule has 4 aromatic heterocycles. The molecule has 1 fully saturated rings. The van der Waals surface area contributed by atoms with Gasteiger partial charge < -0.3 is 19.4 Å². The van der Waals surface area contributed by atoms with Gasteiger partial charge in [0.2, 0.25) is 11.8 Å². The van der Waals surface area contributed by atoms with Gasteiger partial charge in [-0.1, -0.05) is 18.2 Å². The van der Waals surface area contributed by atoms with Gasteiger partial charge in [0.25, 0.3) is 5.91 Å². The molecule has 0 spiro atoms. The molecule has 4 atom stereocenters. The number of aromatic nitrogens is 4. The minimum atomic E-state index is -2.11. The van der Waals surface area contributed by atoms with Crippen molar-refractivity contribution >= 4 is 33.1 Å². The number of alkyl halides is 2. The molecule has 6 heterocycles. The van der Waals surface area contributed by atoms with Crippen LogP contribution in [0.1, 0.15) is 75.4 Å². The fourth-order valence-corrected chi connectivity index (χ4v) is 9.03. The number of ether oxygens (including phenoxy) is 1. The molecular formula is C38H30F4N6O3S. The molecule has 1 amide bonds. The first-order valence-corrected chi connectivity index (χ1v) is 17.8. The molecule has 6 aromatic rings. The van der Waals surface area contributed by atoms with Crippen LogP contribution in [0.15, 0.2) is 59.1 Å². The number of hydrogen-bond donors (Lipinski definition) is 1. The summed E-state index contributed by atoms with van der Waals surface area (Å²) in [5, 5.41) is 12.3. The van der Waals surface area contributed by atoms with Crippen molar-refractivity contribution in [3.8, 4) is 27.6 Å². The summed E-state index contributed by atoms with van der Waals surface area (Å²) < 4.78 is 71.0. The van der Waals surface area contributed by atoms with Crippen molar-refractivity contribution in [3.63, 3.8) is 0 Å². The van der Waals surface area contributed by atoms with Crippen LogP contribution in [0, 0.1) is 18.6 Å². The maximum atomic E-state index is 15.7. The van der Waals surface area contributed by atoms with Gasteiger partial charge in [0.15, 0.2) is 23.9 Å². The number of amides is 1. The van der Waals surface area contributed by atoms with Crippen molar-refractivity contribution in [2.24, 2.45) is 0 Å². The Morgan fingerprint density at radius 3 is 2.63 bits per heavy atom. The lowest BCUT2D eigenvalue weighted by atomic mass is 9.93. The fourth-order valence-electron chi connectivity index (χ4n) is 7.87. The smallest absolute Gasteiger partial charge is 0.257 e. The molecule has 52 heavy (non-hydrogen) atoms. The van der Waals surface area contributed by atoms with Gasteiger partial charge in [-0.3, -0.25) is 9.78 Å². The summed E-state index contributed by atoms with van der Waals surface area (Å²) in [5.74, 6) is -0.701. The highest BCUT2D eigenvalue weighted by Gasteiger charge is 2.46. The van der Waals surface area contributed by atoms with E-state index in [1.807, 2.05) is 11.0 Å². The van der Waals surface area contributed by atoms with E-state index in [9.17, 15) is 13.6 Å². The number of carbonyl (C=O) groups excluding carboxylic acids is 1. The zero-order valence-corrected chi connectivity index (χ0v) is 28.7. The van der Waals surface area contributed by atoms with E-state index < -0.39 is 24.2 Å². The third-order valence-corrected chi connectivity index (χ3v) is 11.4. The molecule has 2 aliphatic heterocycles. The molecule has 9 rings (SSSR count). The standard InChI is InChI=1S/C38H30F4N6O3S/c1-17-46-47-37(51-17)27-23(12-7-18-5-8-20(39)9-6-18)44-33-24-4-3-15-48(24)38(49)29(33)28(27)25-16-19-13-14-43-36(35(19)52-25)45-32-21-10-11-22(40)34(50-2)26(21)30(41)31(32)42/h5-6,8-11,13-14,16,24,30-32H,3-4,7,12,15H2,1-2H3,(H,43,45)/t24?,30-,31-,32?/m1/s1. The number of hydrogen-bond acceptors (Lipinski definition) is 9. The second-order valence-corrected chi connectivity index (χ2v) is 14.3. The van der Waals surface area contributed by atoms with Crippen molar-refractivity contribution < 1.29 is 31.5 Å². The van der Waals surface area contributed by atoms with Crippen LogP contribution in [0.3, 0.4) is 0 Å². The summed E-state index contributed by atoms with van der Waals surface area (Å²) in [4.78, 5) is 26.4. The Hall–Kier alpha value is -5.37. The van der Waals surface area contributed by atoms with Crippen LogP contribution < -0.4 is 10.1 Å². The molecule has 0 radical (unpaired) electrons. The molecule has 0 bridgehead atoms. The van der Waals surface area contributed by atoms with E-state index in [2.05, 4.69) is 20.5 Å². The van der Waals surface area contributed by atoms with Gasteiger partial charge in [-0.05, 0) is 72.5 Å². The Morgan fingerprint density at radius 1 is 1.04 bits per heavy atom. The van der Waals surface area contributed by atoms with Gasteiger partial charge in [0, 0.05) is 35.7 Å². The van der Waals surface area contributed by atoms with Crippen molar-refractivity contribution in [1.29, 1.82) is 0 Å². The predicted molar refractivity (Wildman–Crippen MR) is 186 cm³/mol. The predicted octanol–water partition coefficient (Wildman–Crippen LogP) is 8.59. The molecule has 264 valence electrons. The minimum Gasteiger partial charge on any atom is -0.493 e. The molecule has 0 saturated carbocycles. The van der Waals surface area contributed by atoms with E-state index in [1.54, 1.807) is 31.3 Å². The number of halogens is 4. The Balaban J connectivity index is 1.20. The summed E-state index contributed by atoms with van der Waals surface area (Å²) in [5.41, 5.74) is 3.96. The lowest BCUT2D eigenvalue weighted by molar-refractivity contribution is 0.0776. The molecule has 2 aromatic carbocycles. The number of fused-ring (bicyclic) bond motifs is 5. The van der Waals surface area contributed by atoms with Crippen LogP contribution in [0.2, 0.25) is 0 Å². The van der Waals surface area contributed by atoms with Crippen LogP contribution in [0.4, 0.5) is 23.4 Å². The van der Waals surface area contributed by atoms with Crippen molar-refractivity contribution in [3.05, 3.63) is 106 Å². The number of aryl methyl sites for hydroxylation is 3. The second-order valence-electron chi connectivity index (χ2n) is 13.2. The quantitative estimate of drug-likeness (QED) is 0.156. The largest absolute Gasteiger partial charge is 0.493 e. The Bertz CT molecular complexity index is 2400. The maximum Gasteiger partial charge on any atom is 0.257 e. The number of nitrogens with one attached hydrogen (secondary N) is 1. The van der Waals surface area contributed by atoms with Gasteiger partial charge in [0.1, 0.15) is 11.6 Å². The second kappa shape index (κ2) is 12.4. The van der Waals surface area contributed by atoms with Gasteiger partial charge in [-0.2, -0.15) is 0 Å². The number of anilines is 1. The van der Waals surface area contributed by atoms with Gasteiger partial charge >= 0.3 is 0 Å². The Morgan fingerprint density at radius 2 is 1.87 bits per heavy atom. The van der Waals surface area contributed by atoms with Crippen molar-refractivity contribution in [2.45, 2.75) is 57.0 Å². The van der Waals surface area contributed by atoms with Crippen LogP contribution >= 0.6 is 11.3 Å². The van der Waals surface area contributed by atoms with E-state index >= 15 is 8.78 Å². The van der Waals surface area contributed by atoms with E-state index in [0.717, 1.165) is 29.9 Å². The average molecular weight is 727 g/mol. The van der Waals surface area contributed by atoms with E-state index in [0.29, 0.717) is 68.8 Å². The van der Waals surface area contributed by atoms with Crippen LogP contribution in [0.25, 0.3) is 32.0 Å². The number of methoxy groups -OCH3 is 1. The zero-order valence-electron chi connectivity index (χ0n) is 27.9. The average Bonchev–Trinajstić information content (AvgIpc) is 3.97. The first kappa shape index (κ1) is 32.5. The van der Waals surface area contributed by atoms with Gasteiger partial charge in [0.05, 0.1) is 46.4 Å². The van der Waals surface area contributed by atoms with Crippen LogP contribution in [0.5, 0.6) is 5.75 Å². The Kier molecular flexibility index (Phi) is 7.75.